The Balaban J connectivity index is 1.40. The molecule has 8 heteroatoms. The average Bonchev–Trinajstić information content (AvgIpc) is 3.23. The van der Waals surface area contributed by atoms with Crippen LogP contribution in [0.2, 0.25) is 5.02 Å². The summed E-state index contributed by atoms with van der Waals surface area (Å²) in [6.45, 7) is 4.13. The predicted molar refractivity (Wildman–Crippen MR) is 105 cm³/mol. The van der Waals surface area contributed by atoms with Crippen molar-refractivity contribution in [3.05, 3.63) is 59.3 Å². The van der Waals surface area contributed by atoms with Gasteiger partial charge in [0.1, 0.15) is 18.1 Å². The number of amides is 1. The van der Waals surface area contributed by atoms with E-state index in [-0.39, 0.29) is 12.5 Å². The molecule has 1 atom stereocenters. The molecule has 2 aromatic heterocycles. The molecular weight excluding hydrogens is 382 g/mol. The van der Waals surface area contributed by atoms with Crippen LogP contribution in [0, 0.1) is 6.92 Å². The van der Waals surface area contributed by atoms with Crippen molar-refractivity contribution in [2.24, 2.45) is 0 Å². The fraction of sp³-hybridized carbons (Fsp3) is 0.250. The normalized spacial score (nSPS) is 11.7. The van der Waals surface area contributed by atoms with Gasteiger partial charge in [-0.15, -0.1) is 10.2 Å². The summed E-state index contributed by atoms with van der Waals surface area (Å²) in [7, 11) is 0. The second-order valence-electron chi connectivity index (χ2n) is 6.04. The van der Waals surface area contributed by atoms with Crippen molar-refractivity contribution >= 4 is 17.5 Å². The number of benzene rings is 1. The number of aromatic nitrogens is 2. The molecule has 0 bridgehead atoms. The Hall–Kier alpha value is -3.06. The number of hydrogen-bond acceptors (Lipinski definition) is 6. The molecule has 1 amide bonds. The van der Waals surface area contributed by atoms with Crippen molar-refractivity contribution in [3.63, 3.8) is 0 Å². The number of hydrogen-bond donors (Lipinski definition) is 1. The van der Waals surface area contributed by atoms with Crippen LogP contribution in [0.1, 0.15) is 12.5 Å². The van der Waals surface area contributed by atoms with E-state index < -0.39 is 6.10 Å². The van der Waals surface area contributed by atoms with Gasteiger partial charge in [0.2, 0.25) is 5.88 Å². The zero-order valence-corrected chi connectivity index (χ0v) is 16.3. The minimum atomic E-state index is -0.645. The minimum absolute atomic E-state index is 0.240. The van der Waals surface area contributed by atoms with Gasteiger partial charge in [-0.25, -0.2) is 0 Å². The zero-order chi connectivity index (χ0) is 19.9. The van der Waals surface area contributed by atoms with E-state index in [4.69, 9.17) is 25.5 Å². The molecule has 0 aliphatic heterocycles. The van der Waals surface area contributed by atoms with Crippen LogP contribution in [0.25, 0.3) is 11.5 Å². The molecule has 3 aromatic rings. The Kier molecular flexibility index (Phi) is 6.49. The summed E-state index contributed by atoms with van der Waals surface area (Å²) in [5.74, 6) is 1.35. The summed E-state index contributed by atoms with van der Waals surface area (Å²) < 4.78 is 16.4. The van der Waals surface area contributed by atoms with Crippen LogP contribution in [0.3, 0.4) is 0 Å². The molecule has 0 radical (unpaired) electrons. The molecular formula is C20H20ClN3O4. The van der Waals surface area contributed by atoms with Gasteiger partial charge in [0.05, 0.1) is 12.8 Å². The van der Waals surface area contributed by atoms with E-state index in [9.17, 15) is 4.79 Å². The molecule has 1 N–H and O–H groups in total. The molecule has 0 aliphatic rings. The predicted octanol–water partition coefficient (Wildman–Crippen LogP) is 3.66. The Labute approximate surface area is 167 Å². The van der Waals surface area contributed by atoms with E-state index in [1.165, 1.54) is 0 Å². The van der Waals surface area contributed by atoms with Gasteiger partial charge in [-0.1, -0.05) is 11.6 Å². The smallest absolute Gasteiger partial charge is 0.260 e. The lowest BCUT2D eigenvalue weighted by atomic mass is 10.2. The highest BCUT2D eigenvalue weighted by Crippen LogP contribution is 2.22. The molecule has 146 valence electrons. The van der Waals surface area contributed by atoms with Crippen LogP contribution in [0.15, 0.2) is 53.1 Å². The van der Waals surface area contributed by atoms with Crippen molar-refractivity contribution in [2.75, 3.05) is 13.2 Å². The highest BCUT2D eigenvalue weighted by molar-refractivity contribution is 6.31. The third kappa shape index (κ3) is 5.23. The molecule has 0 spiro atoms. The van der Waals surface area contributed by atoms with Crippen molar-refractivity contribution in [1.82, 2.24) is 15.5 Å². The number of nitrogens with one attached hydrogen (secondary N) is 1. The number of nitrogens with zero attached hydrogens (tertiary/aromatic N) is 2. The zero-order valence-electron chi connectivity index (χ0n) is 15.5. The lowest BCUT2D eigenvalue weighted by molar-refractivity contribution is -0.127. The first-order valence-electron chi connectivity index (χ1n) is 8.74. The standard InChI is InChI=1S/C20H20ClN3O4/c1-13-12-15(5-6-16(13)21)28-14(2)20(25)22-9-11-27-19-8-7-17(23-24-19)18-4-3-10-26-18/h3-8,10,12,14H,9,11H2,1-2H3,(H,22,25). The van der Waals surface area contributed by atoms with E-state index >= 15 is 0 Å². The van der Waals surface area contributed by atoms with Gasteiger partial charge in [0.15, 0.2) is 11.9 Å². The second-order valence-corrected chi connectivity index (χ2v) is 6.45. The first-order valence-corrected chi connectivity index (χ1v) is 9.11. The molecule has 0 fully saturated rings. The third-order valence-corrected chi connectivity index (χ3v) is 4.30. The highest BCUT2D eigenvalue weighted by atomic mass is 35.5. The molecule has 1 unspecified atom stereocenters. The molecule has 1 aromatic carbocycles. The number of ether oxygens (including phenoxy) is 2. The lowest BCUT2D eigenvalue weighted by Gasteiger charge is -2.15. The third-order valence-electron chi connectivity index (χ3n) is 3.88. The van der Waals surface area contributed by atoms with E-state index in [0.717, 1.165) is 5.56 Å². The summed E-state index contributed by atoms with van der Waals surface area (Å²) in [6.07, 6.45) is 0.927. The van der Waals surface area contributed by atoms with Gasteiger partial charge in [-0.3, -0.25) is 4.79 Å². The SMILES string of the molecule is Cc1cc(OC(C)C(=O)NCCOc2ccc(-c3ccco3)nn2)ccc1Cl. The summed E-state index contributed by atoms with van der Waals surface area (Å²) in [6, 6.07) is 12.3. The van der Waals surface area contributed by atoms with Crippen LogP contribution in [-0.2, 0) is 4.79 Å². The van der Waals surface area contributed by atoms with Crippen LogP contribution >= 0.6 is 11.6 Å². The topological polar surface area (TPSA) is 86.5 Å². The largest absolute Gasteiger partial charge is 0.481 e. The Bertz CT molecular complexity index is 914. The summed E-state index contributed by atoms with van der Waals surface area (Å²) in [5.41, 5.74) is 1.51. The number of carbonyl (C=O) groups excluding carboxylic acids is 1. The quantitative estimate of drug-likeness (QED) is 0.579. The maximum atomic E-state index is 12.1. The van der Waals surface area contributed by atoms with Gasteiger partial charge in [0, 0.05) is 11.1 Å². The fourth-order valence-electron chi connectivity index (χ4n) is 2.37. The molecule has 28 heavy (non-hydrogen) atoms. The molecule has 7 nitrogen and oxygen atoms in total. The van der Waals surface area contributed by atoms with Crippen LogP contribution < -0.4 is 14.8 Å². The van der Waals surface area contributed by atoms with Gasteiger partial charge in [-0.05, 0) is 55.8 Å². The van der Waals surface area contributed by atoms with Crippen molar-refractivity contribution in [3.8, 4) is 23.1 Å². The molecule has 3 rings (SSSR count). The number of rotatable bonds is 8. The Morgan fingerprint density at radius 2 is 2.11 bits per heavy atom. The van der Waals surface area contributed by atoms with Gasteiger partial charge in [-0.2, -0.15) is 0 Å². The molecule has 2 heterocycles. The van der Waals surface area contributed by atoms with Crippen LogP contribution in [-0.4, -0.2) is 35.4 Å². The fourth-order valence-corrected chi connectivity index (χ4v) is 2.49. The maximum absolute atomic E-state index is 12.1. The van der Waals surface area contributed by atoms with Gasteiger partial charge in [0.25, 0.3) is 5.91 Å². The molecule has 0 saturated heterocycles. The van der Waals surface area contributed by atoms with Gasteiger partial charge >= 0.3 is 0 Å². The second kappa shape index (κ2) is 9.23. The monoisotopic (exact) mass is 401 g/mol. The maximum Gasteiger partial charge on any atom is 0.260 e. The number of halogens is 1. The molecule has 0 saturated carbocycles. The molecule has 0 aliphatic carbocycles. The van der Waals surface area contributed by atoms with Crippen LogP contribution in [0.5, 0.6) is 11.6 Å². The Morgan fingerprint density at radius 3 is 2.79 bits per heavy atom. The summed E-state index contributed by atoms with van der Waals surface area (Å²) in [4.78, 5) is 12.1. The van der Waals surface area contributed by atoms with E-state index in [2.05, 4.69) is 15.5 Å². The van der Waals surface area contributed by atoms with Gasteiger partial charge < -0.3 is 19.2 Å². The number of furan rings is 1. The highest BCUT2D eigenvalue weighted by Gasteiger charge is 2.14. The van der Waals surface area contributed by atoms with Crippen molar-refractivity contribution < 1.29 is 18.7 Å². The average molecular weight is 402 g/mol. The van der Waals surface area contributed by atoms with E-state index in [0.29, 0.717) is 34.7 Å². The Morgan fingerprint density at radius 1 is 1.25 bits per heavy atom. The number of aryl methyl sites for hydroxylation is 1. The number of carbonyl (C=O) groups is 1. The van der Waals surface area contributed by atoms with E-state index in [1.54, 1.807) is 55.7 Å². The van der Waals surface area contributed by atoms with Crippen LogP contribution in [0.4, 0.5) is 0 Å². The summed E-state index contributed by atoms with van der Waals surface area (Å²) >= 11 is 5.99. The minimum Gasteiger partial charge on any atom is -0.481 e. The first kappa shape index (κ1) is 19.7. The lowest BCUT2D eigenvalue weighted by Crippen LogP contribution is -2.38. The first-order chi connectivity index (χ1) is 13.5. The van der Waals surface area contributed by atoms with Crippen molar-refractivity contribution in [2.45, 2.75) is 20.0 Å². The van der Waals surface area contributed by atoms with Crippen molar-refractivity contribution in [1.29, 1.82) is 0 Å². The van der Waals surface area contributed by atoms with E-state index in [1.807, 2.05) is 6.92 Å². The summed E-state index contributed by atoms with van der Waals surface area (Å²) in [5, 5.41) is 11.4.